The highest BCUT2D eigenvalue weighted by molar-refractivity contribution is 7.25. The number of ether oxygens (including phenoxy) is 1. The monoisotopic (exact) mass is 420 g/mol. The third-order valence-electron chi connectivity index (χ3n) is 4.43. The molecule has 5 heteroatoms. The molecule has 1 aliphatic rings. The minimum absolute atomic E-state index is 0.0680. The number of rotatable bonds is 1. The van der Waals surface area contributed by atoms with Crippen LogP contribution in [-0.2, 0) is 4.74 Å². The molecule has 1 aliphatic heterocycles. The predicted molar refractivity (Wildman–Crippen MR) is 122 cm³/mol. The Morgan fingerprint density at radius 3 is 1.90 bits per heavy atom. The van der Waals surface area contributed by atoms with Gasteiger partial charge in [-0.3, -0.25) is 0 Å². The summed E-state index contributed by atoms with van der Waals surface area (Å²) in [7, 11) is 0. The molecule has 29 heavy (non-hydrogen) atoms. The maximum Gasteiger partial charge on any atom is 0.146 e. The van der Waals surface area contributed by atoms with Crippen molar-refractivity contribution in [2.45, 2.75) is 41.5 Å². The molecule has 0 atom stereocenters. The Morgan fingerprint density at radius 1 is 0.862 bits per heavy atom. The van der Waals surface area contributed by atoms with Crippen LogP contribution in [-0.4, -0.2) is 0 Å². The van der Waals surface area contributed by atoms with Crippen molar-refractivity contribution in [2.75, 3.05) is 0 Å². The molecule has 2 aromatic rings. The Hall–Kier alpha value is -2.60. The fourth-order valence-corrected chi connectivity index (χ4v) is 4.99. The zero-order valence-corrected chi connectivity index (χ0v) is 19.2. The van der Waals surface area contributed by atoms with Gasteiger partial charge in [0, 0.05) is 24.8 Å². The maximum atomic E-state index is 9.05. The van der Waals surface area contributed by atoms with Gasteiger partial charge in [-0.2, -0.15) is 10.5 Å². The molecule has 0 spiro atoms. The number of hydrogen-bond donors (Lipinski definition) is 0. The molecule has 0 radical (unpaired) electrons. The van der Waals surface area contributed by atoms with Gasteiger partial charge in [-0.05, 0) is 35.9 Å². The highest BCUT2D eigenvalue weighted by Crippen LogP contribution is 2.38. The molecule has 3 nitrogen and oxygen atoms in total. The van der Waals surface area contributed by atoms with Crippen LogP contribution in [0.5, 0.6) is 0 Å². The van der Waals surface area contributed by atoms with Crippen LogP contribution in [0.4, 0.5) is 0 Å². The SMILES string of the molecule is CC(C)(C)C1=CC(=C/C=c2/cc3sc(=C(C#N)C#N)cc3s2)C=C(C(C)(C)C)O1. The maximum absolute atomic E-state index is 9.05. The molecule has 0 N–H and O–H groups in total. The molecule has 0 saturated carbocycles. The Kier molecular flexibility index (Phi) is 5.59. The number of nitrogens with zero attached hydrogens (tertiary/aromatic N) is 2. The molecule has 0 aliphatic carbocycles. The zero-order chi connectivity index (χ0) is 21.4. The summed E-state index contributed by atoms with van der Waals surface area (Å²) >= 11 is 3.15. The van der Waals surface area contributed by atoms with Crippen molar-refractivity contribution < 1.29 is 4.74 Å². The molecule has 0 unspecified atom stereocenters. The van der Waals surface area contributed by atoms with Crippen molar-refractivity contribution >= 4 is 43.7 Å². The van der Waals surface area contributed by atoms with Gasteiger partial charge in [-0.1, -0.05) is 47.6 Å². The standard InChI is InChI=1S/C24H24N2OS2/c1-23(2,3)21-9-15(10-22(27-21)24(4,5)6)7-8-17-11-19-20(28-17)12-18(29-19)16(13-25)14-26/h7-12H,1-6H3/b17-8-. The molecule has 0 saturated heterocycles. The average molecular weight is 421 g/mol. The first kappa shape index (κ1) is 21.1. The van der Waals surface area contributed by atoms with Crippen LogP contribution in [0.25, 0.3) is 21.0 Å². The first-order chi connectivity index (χ1) is 13.5. The van der Waals surface area contributed by atoms with Crippen LogP contribution < -0.4 is 9.06 Å². The van der Waals surface area contributed by atoms with Gasteiger partial charge in [0.2, 0.25) is 0 Å². The van der Waals surface area contributed by atoms with E-state index in [1.807, 2.05) is 18.2 Å². The zero-order valence-electron chi connectivity index (χ0n) is 17.6. The van der Waals surface area contributed by atoms with Crippen molar-refractivity contribution in [3.63, 3.8) is 0 Å². The molecule has 2 aromatic heterocycles. The van der Waals surface area contributed by atoms with Gasteiger partial charge in [0.25, 0.3) is 0 Å². The van der Waals surface area contributed by atoms with Crippen molar-refractivity contribution in [3.05, 3.63) is 56.5 Å². The molecule has 3 heterocycles. The third-order valence-corrected chi connectivity index (χ3v) is 6.71. The van der Waals surface area contributed by atoms with Gasteiger partial charge < -0.3 is 4.74 Å². The van der Waals surface area contributed by atoms with E-state index in [2.05, 4.69) is 71.9 Å². The molecular formula is C24H24N2OS2. The van der Waals surface area contributed by atoms with E-state index in [4.69, 9.17) is 15.3 Å². The fourth-order valence-electron chi connectivity index (χ4n) is 2.73. The van der Waals surface area contributed by atoms with Crippen molar-refractivity contribution in [3.8, 4) is 12.1 Å². The Bertz CT molecular complexity index is 1170. The summed E-state index contributed by atoms with van der Waals surface area (Å²) < 4.78 is 10.3. The number of hydrogen-bond acceptors (Lipinski definition) is 5. The first-order valence-electron chi connectivity index (χ1n) is 9.39. The van der Waals surface area contributed by atoms with Crippen LogP contribution in [0.1, 0.15) is 41.5 Å². The molecule has 3 rings (SSSR count). The average Bonchev–Trinajstić information content (AvgIpc) is 3.18. The van der Waals surface area contributed by atoms with Gasteiger partial charge in [-0.15, -0.1) is 22.7 Å². The Balaban J connectivity index is 2.04. The summed E-state index contributed by atoms with van der Waals surface area (Å²) in [5.41, 5.74) is 1.16. The smallest absolute Gasteiger partial charge is 0.146 e. The number of fused-ring (bicyclic) bond motifs is 1. The number of thiophene rings is 2. The second kappa shape index (κ2) is 7.67. The number of allylic oxidation sites excluding steroid dienone is 6. The third kappa shape index (κ3) is 4.70. The lowest BCUT2D eigenvalue weighted by molar-refractivity contribution is 0.161. The quantitative estimate of drug-likeness (QED) is 0.589. The topological polar surface area (TPSA) is 56.8 Å². The Labute approximate surface area is 179 Å². The van der Waals surface area contributed by atoms with E-state index < -0.39 is 0 Å². The van der Waals surface area contributed by atoms with Gasteiger partial charge in [0.15, 0.2) is 0 Å². The summed E-state index contributed by atoms with van der Waals surface area (Å²) in [4.78, 5) is 0. The lowest BCUT2D eigenvalue weighted by Crippen LogP contribution is -2.21. The highest BCUT2D eigenvalue weighted by atomic mass is 32.1. The number of nitriles is 2. The van der Waals surface area contributed by atoms with Crippen molar-refractivity contribution in [2.24, 2.45) is 10.8 Å². The van der Waals surface area contributed by atoms with Gasteiger partial charge in [0.05, 0.1) is 4.53 Å². The van der Waals surface area contributed by atoms with E-state index in [0.717, 1.165) is 35.6 Å². The second-order valence-corrected chi connectivity index (χ2v) is 11.2. The van der Waals surface area contributed by atoms with Gasteiger partial charge in [-0.25, -0.2) is 0 Å². The molecule has 148 valence electrons. The first-order valence-corrected chi connectivity index (χ1v) is 11.0. The molecule has 0 fully saturated rings. The van der Waals surface area contributed by atoms with E-state index in [-0.39, 0.29) is 16.4 Å². The largest absolute Gasteiger partial charge is 0.465 e. The van der Waals surface area contributed by atoms with Gasteiger partial charge >= 0.3 is 0 Å². The van der Waals surface area contributed by atoms with E-state index in [0.29, 0.717) is 0 Å². The summed E-state index contributed by atoms with van der Waals surface area (Å²) in [5.74, 6) is 1.94. The van der Waals surface area contributed by atoms with E-state index >= 15 is 0 Å². The molecule has 0 bridgehead atoms. The minimum atomic E-state index is -0.0680. The van der Waals surface area contributed by atoms with E-state index in [1.165, 1.54) is 11.3 Å². The summed E-state index contributed by atoms with van der Waals surface area (Å²) in [6, 6.07) is 7.97. The normalized spacial score (nSPS) is 15.3. The van der Waals surface area contributed by atoms with Crippen LogP contribution >= 0.6 is 22.7 Å². The van der Waals surface area contributed by atoms with Crippen molar-refractivity contribution in [1.82, 2.24) is 0 Å². The lowest BCUT2D eigenvalue weighted by atomic mass is 9.87. The van der Waals surface area contributed by atoms with Crippen LogP contribution in [0.15, 0.2) is 47.5 Å². The highest BCUT2D eigenvalue weighted by Gasteiger charge is 2.28. The van der Waals surface area contributed by atoms with Crippen LogP contribution in [0.3, 0.4) is 0 Å². The summed E-state index contributed by atoms with van der Waals surface area (Å²) in [6.07, 6.45) is 8.46. The molecular weight excluding hydrogens is 396 g/mol. The predicted octanol–water partition coefficient (Wildman–Crippen LogP) is 5.76. The van der Waals surface area contributed by atoms with Crippen LogP contribution in [0.2, 0.25) is 0 Å². The van der Waals surface area contributed by atoms with E-state index in [1.54, 1.807) is 11.3 Å². The fraction of sp³-hybridized carbons (Fsp3) is 0.333. The van der Waals surface area contributed by atoms with Crippen LogP contribution in [0, 0.1) is 33.5 Å². The second-order valence-electron chi connectivity index (χ2n) is 9.04. The minimum Gasteiger partial charge on any atom is -0.465 e. The van der Waals surface area contributed by atoms with Gasteiger partial charge in [0.1, 0.15) is 29.2 Å². The Morgan fingerprint density at radius 2 is 1.41 bits per heavy atom. The lowest BCUT2D eigenvalue weighted by Gasteiger charge is -2.32. The summed E-state index contributed by atoms with van der Waals surface area (Å²) in [5, 5.41) is 18.1. The van der Waals surface area contributed by atoms with Crippen molar-refractivity contribution in [1.29, 1.82) is 10.5 Å². The van der Waals surface area contributed by atoms with E-state index in [9.17, 15) is 0 Å². The summed E-state index contributed by atoms with van der Waals surface area (Å²) in [6.45, 7) is 12.9. The molecule has 0 amide bonds. The molecule has 0 aromatic carbocycles.